The minimum Gasteiger partial charge on any atom is -0.323 e. The molecule has 0 aromatic carbocycles. The van der Waals surface area contributed by atoms with Crippen LogP contribution in [0.2, 0.25) is 0 Å². The zero-order chi connectivity index (χ0) is 14.0. The van der Waals surface area contributed by atoms with Gasteiger partial charge in [-0.1, -0.05) is 6.92 Å². The molecule has 3 atom stereocenters. The van der Waals surface area contributed by atoms with Crippen LogP contribution in [-0.4, -0.2) is 4.98 Å². The number of halogens is 1. The van der Waals surface area contributed by atoms with Gasteiger partial charge >= 0.3 is 0 Å². The quantitative estimate of drug-likeness (QED) is 0.890. The smallest absolute Gasteiger partial charge is 0.146 e. The summed E-state index contributed by atoms with van der Waals surface area (Å²) in [7, 11) is 0. The molecule has 4 fully saturated rings. The molecule has 3 heteroatoms. The van der Waals surface area contributed by atoms with Gasteiger partial charge in [-0.25, -0.2) is 4.39 Å². The van der Waals surface area contributed by atoms with E-state index < -0.39 is 0 Å². The van der Waals surface area contributed by atoms with Crippen molar-refractivity contribution in [2.75, 3.05) is 0 Å². The zero-order valence-corrected chi connectivity index (χ0v) is 12.1. The van der Waals surface area contributed by atoms with Crippen LogP contribution in [0.25, 0.3) is 0 Å². The second-order valence-corrected chi connectivity index (χ2v) is 8.01. The van der Waals surface area contributed by atoms with E-state index in [4.69, 9.17) is 5.73 Å². The molecule has 4 saturated carbocycles. The third-order valence-electron chi connectivity index (χ3n) is 6.20. The van der Waals surface area contributed by atoms with Crippen LogP contribution in [0.4, 0.5) is 4.39 Å². The van der Waals surface area contributed by atoms with Crippen molar-refractivity contribution in [3.05, 3.63) is 29.8 Å². The summed E-state index contributed by atoms with van der Waals surface area (Å²) in [5.74, 6) is 1.40. The molecule has 1 aromatic rings. The van der Waals surface area contributed by atoms with E-state index in [0.29, 0.717) is 11.0 Å². The van der Waals surface area contributed by atoms with Crippen molar-refractivity contribution in [1.82, 2.24) is 4.98 Å². The molecular formula is C17H23FN2. The summed E-state index contributed by atoms with van der Waals surface area (Å²) < 4.78 is 14.1. The van der Waals surface area contributed by atoms with Gasteiger partial charge in [0.1, 0.15) is 5.82 Å². The van der Waals surface area contributed by atoms with Crippen LogP contribution in [0.5, 0.6) is 0 Å². The number of nitrogens with two attached hydrogens (primary N) is 1. The molecule has 4 aliphatic carbocycles. The fraction of sp³-hybridized carbons (Fsp3) is 0.706. The van der Waals surface area contributed by atoms with E-state index in [-0.39, 0.29) is 17.3 Å². The fourth-order valence-corrected chi connectivity index (χ4v) is 6.13. The predicted molar refractivity (Wildman–Crippen MR) is 76.3 cm³/mol. The molecule has 0 spiro atoms. The molecule has 0 amide bonds. The fourth-order valence-electron chi connectivity index (χ4n) is 6.13. The predicted octanol–water partition coefficient (Wildman–Crippen LogP) is 3.83. The molecule has 2 N–H and O–H groups in total. The van der Waals surface area contributed by atoms with Gasteiger partial charge < -0.3 is 5.73 Å². The lowest BCUT2D eigenvalue weighted by atomic mass is 9.43. The normalized spacial score (nSPS) is 43.8. The van der Waals surface area contributed by atoms with Crippen LogP contribution in [0.1, 0.15) is 57.1 Å². The minimum atomic E-state index is -0.235. The number of aromatic nitrogens is 1. The molecule has 20 heavy (non-hydrogen) atoms. The largest absolute Gasteiger partial charge is 0.323 e. The van der Waals surface area contributed by atoms with Crippen LogP contribution in [0.3, 0.4) is 0 Å². The molecule has 0 radical (unpaired) electrons. The average molecular weight is 274 g/mol. The molecule has 3 unspecified atom stereocenters. The molecule has 0 saturated heterocycles. The molecule has 4 bridgehead atoms. The van der Waals surface area contributed by atoms with Crippen molar-refractivity contribution in [3.8, 4) is 0 Å². The van der Waals surface area contributed by atoms with Gasteiger partial charge in [-0.15, -0.1) is 0 Å². The van der Waals surface area contributed by atoms with Gasteiger partial charge in [-0.05, 0) is 67.3 Å². The molecule has 2 nitrogen and oxygen atoms in total. The molecule has 0 aliphatic heterocycles. The standard InChI is InChI=1S/C17H23FN2/c1-16-5-11-4-12(6-16)8-17(7-11,10-16)15(19)13-2-3-20-9-14(13)18/h2-3,9,11-12,15H,4-8,10,19H2,1H3. The third kappa shape index (κ3) is 1.75. The van der Waals surface area contributed by atoms with Crippen LogP contribution in [0, 0.1) is 28.5 Å². The van der Waals surface area contributed by atoms with Crippen LogP contribution >= 0.6 is 0 Å². The molecule has 1 aromatic heterocycles. The summed E-state index contributed by atoms with van der Waals surface area (Å²) in [5.41, 5.74) is 7.83. The van der Waals surface area contributed by atoms with Crippen molar-refractivity contribution < 1.29 is 4.39 Å². The number of pyridine rings is 1. The Morgan fingerprint density at radius 3 is 2.60 bits per heavy atom. The number of hydrogen-bond donors (Lipinski definition) is 1. The van der Waals surface area contributed by atoms with E-state index in [1.165, 1.54) is 44.7 Å². The van der Waals surface area contributed by atoms with E-state index in [9.17, 15) is 4.39 Å². The van der Waals surface area contributed by atoms with Gasteiger partial charge in [-0.3, -0.25) is 4.98 Å². The lowest BCUT2D eigenvalue weighted by Crippen LogP contribution is -2.54. The molecule has 4 aliphatic rings. The highest BCUT2D eigenvalue weighted by molar-refractivity contribution is 5.23. The van der Waals surface area contributed by atoms with Crippen molar-refractivity contribution in [1.29, 1.82) is 0 Å². The monoisotopic (exact) mass is 274 g/mol. The van der Waals surface area contributed by atoms with Crippen molar-refractivity contribution >= 4 is 0 Å². The van der Waals surface area contributed by atoms with Gasteiger partial charge in [0, 0.05) is 17.8 Å². The van der Waals surface area contributed by atoms with Crippen molar-refractivity contribution in [2.24, 2.45) is 28.4 Å². The lowest BCUT2D eigenvalue weighted by Gasteiger charge is -2.63. The summed E-state index contributed by atoms with van der Waals surface area (Å²) in [6, 6.07) is 1.61. The Kier molecular flexibility index (Phi) is 2.57. The number of rotatable bonds is 2. The Labute approximate surface area is 120 Å². The average Bonchev–Trinajstić information content (AvgIpc) is 2.35. The van der Waals surface area contributed by atoms with E-state index in [1.54, 1.807) is 12.3 Å². The first-order chi connectivity index (χ1) is 9.50. The van der Waals surface area contributed by atoms with E-state index in [1.807, 2.05) is 0 Å². The SMILES string of the molecule is CC12CC3CC(C1)CC(C(N)c1ccncc1F)(C3)C2. The van der Waals surface area contributed by atoms with Gasteiger partial charge in [0.05, 0.1) is 6.20 Å². The Morgan fingerprint density at radius 2 is 2.00 bits per heavy atom. The molecule has 108 valence electrons. The highest BCUT2D eigenvalue weighted by Gasteiger charge is 2.58. The van der Waals surface area contributed by atoms with Gasteiger partial charge in [0.2, 0.25) is 0 Å². The van der Waals surface area contributed by atoms with Crippen LogP contribution in [-0.2, 0) is 0 Å². The molecular weight excluding hydrogens is 251 g/mol. The maximum atomic E-state index is 14.1. The first-order valence-corrected chi connectivity index (χ1v) is 7.85. The van der Waals surface area contributed by atoms with E-state index in [0.717, 1.165) is 11.8 Å². The second kappa shape index (κ2) is 4.03. The van der Waals surface area contributed by atoms with Gasteiger partial charge in [0.15, 0.2) is 0 Å². The maximum Gasteiger partial charge on any atom is 0.146 e. The Balaban J connectivity index is 1.73. The van der Waals surface area contributed by atoms with Gasteiger partial charge in [-0.2, -0.15) is 0 Å². The second-order valence-electron chi connectivity index (χ2n) is 8.01. The minimum absolute atomic E-state index is 0.126. The third-order valence-corrected chi connectivity index (χ3v) is 6.20. The van der Waals surface area contributed by atoms with Crippen molar-refractivity contribution in [3.63, 3.8) is 0 Å². The van der Waals surface area contributed by atoms with Gasteiger partial charge in [0.25, 0.3) is 0 Å². The van der Waals surface area contributed by atoms with E-state index in [2.05, 4.69) is 11.9 Å². The first kappa shape index (κ1) is 12.8. The molecule has 1 heterocycles. The Morgan fingerprint density at radius 1 is 1.30 bits per heavy atom. The molecule has 5 rings (SSSR count). The van der Waals surface area contributed by atoms with E-state index >= 15 is 0 Å². The summed E-state index contributed by atoms with van der Waals surface area (Å²) >= 11 is 0. The number of hydrogen-bond acceptors (Lipinski definition) is 2. The van der Waals surface area contributed by atoms with Crippen LogP contribution < -0.4 is 5.73 Å². The topological polar surface area (TPSA) is 38.9 Å². The highest BCUT2D eigenvalue weighted by Crippen LogP contribution is 2.67. The Hall–Kier alpha value is -0.960. The zero-order valence-electron chi connectivity index (χ0n) is 12.1. The Bertz CT molecular complexity index is 528. The highest BCUT2D eigenvalue weighted by atomic mass is 19.1. The van der Waals surface area contributed by atoms with Crippen molar-refractivity contribution in [2.45, 2.75) is 51.5 Å². The maximum absolute atomic E-state index is 14.1. The summed E-state index contributed by atoms with van der Waals surface area (Å²) in [6.07, 6.45) is 10.6. The summed E-state index contributed by atoms with van der Waals surface area (Å²) in [6.45, 7) is 2.43. The lowest BCUT2D eigenvalue weighted by molar-refractivity contribution is -0.114. The summed E-state index contributed by atoms with van der Waals surface area (Å²) in [4.78, 5) is 3.86. The summed E-state index contributed by atoms with van der Waals surface area (Å²) in [5, 5.41) is 0. The number of nitrogens with zero attached hydrogens (tertiary/aromatic N) is 1. The van der Waals surface area contributed by atoms with Crippen LogP contribution in [0.15, 0.2) is 18.5 Å². The first-order valence-electron chi connectivity index (χ1n) is 7.85.